The second kappa shape index (κ2) is 6.10. The molecule has 88 valence electrons. The Balaban J connectivity index is 2.77. The van der Waals surface area contributed by atoms with E-state index in [1.54, 1.807) is 17.8 Å². The Hall–Kier alpha value is -0.750. The average Bonchev–Trinajstić information content (AvgIpc) is 2.12. The van der Waals surface area contributed by atoms with Crippen molar-refractivity contribution in [3.05, 3.63) is 11.8 Å². The van der Waals surface area contributed by atoms with E-state index in [0.29, 0.717) is 10.4 Å². The van der Waals surface area contributed by atoms with Gasteiger partial charge in [-0.05, 0) is 13.0 Å². The summed E-state index contributed by atoms with van der Waals surface area (Å²) in [5, 5.41) is 10.4. The summed E-state index contributed by atoms with van der Waals surface area (Å²) < 4.78 is 0. The Morgan fingerprint density at radius 1 is 1.50 bits per heavy atom. The van der Waals surface area contributed by atoms with Gasteiger partial charge in [0.2, 0.25) is 0 Å². The van der Waals surface area contributed by atoms with Gasteiger partial charge in [0, 0.05) is 10.9 Å². The first kappa shape index (κ1) is 13.3. The molecule has 0 spiro atoms. The number of hydrogen-bond acceptors (Lipinski definition) is 5. The first-order chi connectivity index (χ1) is 7.47. The molecule has 0 atom stereocenters. The summed E-state index contributed by atoms with van der Waals surface area (Å²) in [4.78, 5) is 19.0. The van der Waals surface area contributed by atoms with E-state index in [9.17, 15) is 4.79 Å². The van der Waals surface area contributed by atoms with Crippen LogP contribution < -0.4 is 0 Å². The first-order valence-electron chi connectivity index (χ1n) is 4.84. The number of hydrogen-bond donors (Lipinski definition) is 1. The van der Waals surface area contributed by atoms with Gasteiger partial charge in [-0.1, -0.05) is 37.4 Å². The number of aliphatic carboxylic acids is 1. The normalized spacial score (nSPS) is 10.8. The Kier molecular flexibility index (Phi) is 5.08. The van der Waals surface area contributed by atoms with E-state index in [1.165, 1.54) is 11.8 Å². The monoisotopic (exact) mass is 258 g/mol. The van der Waals surface area contributed by atoms with E-state index in [-0.39, 0.29) is 5.75 Å². The molecule has 0 amide bonds. The van der Waals surface area contributed by atoms with Gasteiger partial charge in [0.1, 0.15) is 5.03 Å². The lowest BCUT2D eigenvalue weighted by atomic mass is 10.5. The van der Waals surface area contributed by atoms with Gasteiger partial charge in [-0.3, -0.25) is 4.79 Å². The molecule has 1 heterocycles. The maximum Gasteiger partial charge on any atom is 0.313 e. The van der Waals surface area contributed by atoms with Crippen LogP contribution in [0.2, 0.25) is 0 Å². The number of thioether (sulfide) groups is 2. The lowest BCUT2D eigenvalue weighted by Crippen LogP contribution is -2.00. The lowest BCUT2D eigenvalue weighted by Gasteiger charge is -2.06. The van der Waals surface area contributed by atoms with Gasteiger partial charge < -0.3 is 5.11 Å². The molecule has 1 aromatic rings. The highest BCUT2D eigenvalue weighted by Crippen LogP contribution is 2.23. The van der Waals surface area contributed by atoms with Gasteiger partial charge in [0.15, 0.2) is 5.16 Å². The van der Waals surface area contributed by atoms with Crippen LogP contribution in [0.15, 0.2) is 16.2 Å². The molecule has 6 heteroatoms. The summed E-state index contributed by atoms with van der Waals surface area (Å²) in [7, 11) is 0. The molecule has 0 radical (unpaired) electrons. The van der Waals surface area contributed by atoms with Crippen molar-refractivity contribution >= 4 is 29.5 Å². The number of aryl methyl sites for hydroxylation is 1. The van der Waals surface area contributed by atoms with Crippen LogP contribution in [0.25, 0.3) is 0 Å². The van der Waals surface area contributed by atoms with Crippen molar-refractivity contribution < 1.29 is 9.90 Å². The summed E-state index contributed by atoms with van der Waals surface area (Å²) in [6.07, 6.45) is 0. The Labute approximate surface area is 103 Å². The lowest BCUT2D eigenvalue weighted by molar-refractivity contribution is -0.133. The molecular weight excluding hydrogens is 244 g/mol. The number of carbonyl (C=O) groups is 1. The molecule has 1 aromatic heterocycles. The van der Waals surface area contributed by atoms with Crippen LogP contribution in [-0.2, 0) is 4.79 Å². The maximum absolute atomic E-state index is 10.5. The topological polar surface area (TPSA) is 63.1 Å². The van der Waals surface area contributed by atoms with Gasteiger partial charge in [-0.25, -0.2) is 9.97 Å². The van der Waals surface area contributed by atoms with Crippen molar-refractivity contribution in [3.8, 4) is 0 Å². The molecule has 0 unspecified atom stereocenters. The van der Waals surface area contributed by atoms with Crippen LogP contribution in [0, 0.1) is 6.92 Å². The van der Waals surface area contributed by atoms with Gasteiger partial charge in [-0.2, -0.15) is 0 Å². The summed E-state index contributed by atoms with van der Waals surface area (Å²) in [5.41, 5.74) is 0.867. The fraction of sp³-hybridized carbons (Fsp3) is 0.500. The van der Waals surface area contributed by atoms with Crippen molar-refractivity contribution in [2.24, 2.45) is 0 Å². The molecule has 0 aliphatic heterocycles. The van der Waals surface area contributed by atoms with Crippen LogP contribution in [0.1, 0.15) is 19.5 Å². The van der Waals surface area contributed by atoms with Crippen LogP contribution in [-0.4, -0.2) is 32.0 Å². The fourth-order valence-corrected chi connectivity index (χ4v) is 2.49. The van der Waals surface area contributed by atoms with Crippen molar-refractivity contribution in [2.45, 2.75) is 36.2 Å². The number of carboxylic acids is 1. The number of rotatable bonds is 5. The molecule has 0 aliphatic rings. The largest absolute Gasteiger partial charge is 0.481 e. The summed E-state index contributed by atoms with van der Waals surface area (Å²) in [6, 6.07) is 1.80. The zero-order chi connectivity index (χ0) is 12.1. The summed E-state index contributed by atoms with van der Waals surface area (Å²) in [5.74, 6) is -0.804. The predicted molar refractivity (Wildman–Crippen MR) is 66.1 cm³/mol. The molecule has 16 heavy (non-hydrogen) atoms. The van der Waals surface area contributed by atoms with E-state index in [0.717, 1.165) is 10.7 Å². The van der Waals surface area contributed by atoms with E-state index in [1.807, 2.05) is 6.92 Å². The number of aromatic nitrogens is 2. The second-order valence-corrected chi connectivity index (χ2v) is 6.02. The molecule has 0 bridgehead atoms. The Morgan fingerprint density at radius 2 is 2.19 bits per heavy atom. The predicted octanol–water partition coefficient (Wildman–Crippen LogP) is 2.46. The molecule has 1 N–H and O–H groups in total. The van der Waals surface area contributed by atoms with Crippen LogP contribution in [0.4, 0.5) is 0 Å². The quantitative estimate of drug-likeness (QED) is 0.497. The third-order valence-electron chi connectivity index (χ3n) is 1.49. The van der Waals surface area contributed by atoms with E-state index in [2.05, 4.69) is 23.8 Å². The number of nitrogens with zero attached hydrogens (tertiary/aromatic N) is 2. The van der Waals surface area contributed by atoms with E-state index < -0.39 is 5.97 Å². The molecule has 0 fully saturated rings. The summed E-state index contributed by atoms with van der Waals surface area (Å²) >= 11 is 2.80. The zero-order valence-electron chi connectivity index (χ0n) is 9.43. The van der Waals surface area contributed by atoms with E-state index >= 15 is 0 Å². The maximum atomic E-state index is 10.5. The van der Waals surface area contributed by atoms with Gasteiger partial charge >= 0.3 is 5.97 Å². The highest BCUT2D eigenvalue weighted by atomic mass is 32.2. The Morgan fingerprint density at radius 3 is 2.75 bits per heavy atom. The van der Waals surface area contributed by atoms with Crippen molar-refractivity contribution in [2.75, 3.05) is 5.75 Å². The average molecular weight is 258 g/mol. The molecule has 0 aliphatic carbocycles. The second-order valence-electron chi connectivity index (χ2n) is 3.48. The van der Waals surface area contributed by atoms with Gasteiger partial charge in [0.05, 0.1) is 5.75 Å². The third-order valence-corrected chi connectivity index (χ3v) is 3.26. The SMILES string of the molecule is Cc1cc(SCC(=O)O)nc(SC(C)C)n1. The Bertz CT molecular complexity index is 383. The van der Waals surface area contributed by atoms with Gasteiger partial charge in [0.25, 0.3) is 0 Å². The highest BCUT2D eigenvalue weighted by Gasteiger charge is 2.07. The van der Waals surface area contributed by atoms with Crippen LogP contribution >= 0.6 is 23.5 Å². The molecule has 0 saturated heterocycles. The fourth-order valence-electron chi connectivity index (χ4n) is 0.987. The summed E-state index contributed by atoms with van der Waals surface area (Å²) in [6.45, 7) is 6.03. The minimum absolute atomic E-state index is 0.0300. The molecule has 0 saturated carbocycles. The van der Waals surface area contributed by atoms with Crippen LogP contribution in [0.3, 0.4) is 0 Å². The minimum atomic E-state index is -0.834. The van der Waals surface area contributed by atoms with Crippen molar-refractivity contribution in [3.63, 3.8) is 0 Å². The molecule has 0 aromatic carbocycles. The van der Waals surface area contributed by atoms with Crippen molar-refractivity contribution in [1.82, 2.24) is 9.97 Å². The zero-order valence-corrected chi connectivity index (χ0v) is 11.1. The van der Waals surface area contributed by atoms with Crippen LogP contribution in [0.5, 0.6) is 0 Å². The smallest absolute Gasteiger partial charge is 0.313 e. The van der Waals surface area contributed by atoms with Crippen molar-refractivity contribution in [1.29, 1.82) is 0 Å². The minimum Gasteiger partial charge on any atom is -0.481 e. The third kappa shape index (κ3) is 4.85. The number of carboxylic acid groups (broad SMARTS) is 1. The first-order valence-corrected chi connectivity index (χ1v) is 6.71. The molecule has 4 nitrogen and oxygen atoms in total. The molecule has 1 rings (SSSR count). The van der Waals surface area contributed by atoms with E-state index in [4.69, 9.17) is 5.11 Å². The molecular formula is C10H14N2O2S2. The standard InChI is InChI=1S/C10H14N2O2S2/c1-6(2)16-10-11-7(3)4-8(12-10)15-5-9(13)14/h4,6H,5H2,1-3H3,(H,13,14). The van der Waals surface area contributed by atoms with Gasteiger partial charge in [-0.15, -0.1) is 0 Å². The highest BCUT2D eigenvalue weighted by molar-refractivity contribution is 8.00.